The molecule has 0 bridgehead atoms. The van der Waals surface area contributed by atoms with E-state index >= 15 is 0 Å². The lowest BCUT2D eigenvalue weighted by molar-refractivity contribution is -0.395. The maximum atomic E-state index is 14.1. The van der Waals surface area contributed by atoms with E-state index in [-0.39, 0.29) is 43.4 Å². The van der Waals surface area contributed by atoms with Crippen LogP contribution in [-0.4, -0.2) is 54.0 Å². The summed E-state index contributed by atoms with van der Waals surface area (Å²) in [6.07, 6.45) is 0. The van der Waals surface area contributed by atoms with E-state index in [4.69, 9.17) is 9.47 Å². The Morgan fingerprint density at radius 1 is 0.921 bits per heavy atom. The fraction of sp³-hybridized carbons (Fsp3) is 0.318. The Morgan fingerprint density at radius 2 is 1.47 bits per heavy atom. The standard InChI is InChI=1S/C22H23FN6O9/c1-4-37-21(31)11-27(12-22(32)38-5-2)14-6-7-16(17(8-14)24-13(3)30)25-26-18-9-15(23)19(28(33)34)10-20(18)29(35)36/h6-10H,4-5,11-12H2,1-3H3,(H,24,30). The number of hydrogen-bond acceptors (Lipinski definition) is 12. The summed E-state index contributed by atoms with van der Waals surface area (Å²) in [6.45, 7) is 3.98. The molecule has 0 saturated carbocycles. The van der Waals surface area contributed by atoms with Gasteiger partial charge in [-0.1, -0.05) is 0 Å². The first kappa shape index (κ1) is 29.2. The van der Waals surface area contributed by atoms with Crippen LogP contribution in [0.3, 0.4) is 0 Å². The highest BCUT2D eigenvalue weighted by Gasteiger charge is 2.25. The van der Waals surface area contributed by atoms with E-state index in [2.05, 4.69) is 15.5 Å². The van der Waals surface area contributed by atoms with Crippen LogP contribution in [-0.2, 0) is 23.9 Å². The molecule has 0 unspecified atom stereocenters. The summed E-state index contributed by atoms with van der Waals surface area (Å²) in [5.41, 5.74) is -2.31. The predicted octanol–water partition coefficient (Wildman–Crippen LogP) is 3.95. The highest BCUT2D eigenvalue weighted by molar-refractivity contribution is 5.93. The largest absolute Gasteiger partial charge is 0.465 e. The second-order valence-electron chi connectivity index (χ2n) is 7.36. The van der Waals surface area contributed by atoms with Gasteiger partial charge in [0.05, 0.1) is 34.8 Å². The van der Waals surface area contributed by atoms with Crippen molar-refractivity contribution in [3.05, 3.63) is 56.4 Å². The Hall–Kier alpha value is -5.02. The second kappa shape index (κ2) is 13.3. The lowest BCUT2D eigenvalue weighted by Gasteiger charge is -2.23. The van der Waals surface area contributed by atoms with Crippen LogP contribution < -0.4 is 10.2 Å². The van der Waals surface area contributed by atoms with Gasteiger partial charge in [0.2, 0.25) is 11.7 Å². The summed E-state index contributed by atoms with van der Waals surface area (Å²) >= 11 is 0. The second-order valence-corrected chi connectivity index (χ2v) is 7.36. The molecule has 0 aromatic heterocycles. The van der Waals surface area contributed by atoms with Crippen molar-refractivity contribution in [2.45, 2.75) is 20.8 Å². The van der Waals surface area contributed by atoms with E-state index in [9.17, 15) is 39.0 Å². The molecule has 0 aliphatic rings. The Bertz CT molecular complexity index is 1260. The van der Waals surface area contributed by atoms with Gasteiger partial charge in [0.15, 0.2) is 5.69 Å². The van der Waals surface area contributed by atoms with Gasteiger partial charge in [-0.25, -0.2) is 0 Å². The summed E-state index contributed by atoms with van der Waals surface area (Å²) in [4.78, 5) is 57.5. The molecule has 1 amide bonds. The maximum absolute atomic E-state index is 14.1. The SMILES string of the molecule is CCOC(=O)CN(CC(=O)OCC)c1ccc(N=Nc2cc(F)c([N+](=O)[O-])cc2[N+](=O)[O-])c(NC(C)=O)c1. The topological polar surface area (TPSA) is 196 Å². The van der Waals surface area contributed by atoms with Gasteiger partial charge < -0.3 is 19.7 Å². The first-order valence-corrected chi connectivity index (χ1v) is 11.0. The monoisotopic (exact) mass is 534 g/mol. The molecular formula is C22H23FN6O9. The van der Waals surface area contributed by atoms with Crippen LogP contribution in [0.1, 0.15) is 20.8 Å². The molecule has 0 aliphatic carbocycles. The smallest absolute Gasteiger partial charge is 0.325 e. The van der Waals surface area contributed by atoms with Crippen molar-refractivity contribution in [1.29, 1.82) is 0 Å². The van der Waals surface area contributed by atoms with Crippen LogP contribution in [0.2, 0.25) is 0 Å². The highest BCUT2D eigenvalue weighted by atomic mass is 19.1. The molecule has 1 N–H and O–H groups in total. The number of carbonyl (C=O) groups excluding carboxylic acids is 3. The number of nitro groups is 2. The van der Waals surface area contributed by atoms with E-state index in [1.165, 1.54) is 30.0 Å². The summed E-state index contributed by atoms with van der Waals surface area (Å²) in [5.74, 6) is -3.16. The van der Waals surface area contributed by atoms with Gasteiger partial charge in [0.1, 0.15) is 18.8 Å². The lowest BCUT2D eigenvalue weighted by atomic mass is 10.2. The van der Waals surface area contributed by atoms with Crippen molar-refractivity contribution < 1.29 is 38.1 Å². The van der Waals surface area contributed by atoms with Crippen molar-refractivity contribution in [3.8, 4) is 0 Å². The lowest BCUT2D eigenvalue weighted by Crippen LogP contribution is -2.36. The van der Waals surface area contributed by atoms with Gasteiger partial charge in [0.25, 0.3) is 0 Å². The number of nitrogens with one attached hydrogen (secondary N) is 1. The van der Waals surface area contributed by atoms with Crippen molar-refractivity contribution >= 4 is 52.0 Å². The van der Waals surface area contributed by atoms with Crippen LogP contribution in [0, 0.1) is 26.0 Å². The Morgan fingerprint density at radius 3 is 1.97 bits per heavy atom. The Kier molecular flexibility index (Phi) is 10.2. The van der Waals surface area contributed by atoms with Crippen molar-refractivity contribution in [2.75, 3.05) is 36.5 Å². The number of nitro benzene ring substituents is 2. The van der Waals surface area contributed by atoms with E-state index in [0.29, 0.717) is 12.1 Å². The molecule has 0 saturated heterocycles. The number of hydrogen-bond donors (Lipinski definition) is 1. The van der Waals surface area contributed by atoms with E-state index in [1.54, 1.807) is 13.8 Å². The third-order valence-corrected chi connectivity index (χ3v) is 4.61. The zero-order valence-electron chi connectivity index (χ0n) is 20.5. The zero-order chi connectivity index (χ0) is 28.4. The van der Waals surface area contributed by atoms with Crippen LogP contribution in [0.5, 0.6) is 0 Å². The number of ether oxygens (including phenoxy) is 2. The van der Waals surface area contributed by atoms with Gasteiger partial charge in [-0.05, 0) is 32.0 Å². The highest BCUT2D eigenvalue weighted by Crippen LogP contribution is 2.37. The van der Waals surface area contributed by atoms with Crippen molar-refractivity contribution in [2.24, 2.45) is 10.2 Å². The third-order valence-electron chi connectivity index (χ3n) is 4.61. The predicted molar refractivity (Wildman–Crippen MR) is 130 cm³/mol. The molecule has 0 heterocycles. The number of nitrogens with zero attached hydrogens (tertiary/aromatic N) is 5. The minimum absolute atomic E-state index is 0.0292. The third kappa shape index (κ3) is 8.00. The Labute approximate surface area is 214 Å². The van der Waals surface area contributed by atoms with Crippen LogP contribution >= 0.6 is 0 Å². The zero-order valence-corrected chi connectivity index (χ0v) is 20.5. The maximum Gasteiger partial charge on any atom is 0.325 e. The van der Waals surface area contributed by atoms with E-state index < -0.39 is 50.6 Å². The number of halogens is 1. The van der Waals surface area contributed by atoms with Gasteiger partial charge >= 0.3 is 23.3 Å². The normalized spacial score (nSPS) is 10.6. The van der Waals surface area contributed by atoms with Gasteiger partial charge in [-0.2, -0.15) is 4.39 Å². The summed E-state index contributed by atoms with van der Waals surface area (Å²) < 4.78 is 24.0. The number of anilines is 2. The molecule has 16 heteroatoms. The molecule has 38 heavy (non-hydrogen) atoms. The van der Waals surface area contributed by atoms with Crippen LogP contribution in [0.4, 0.5) is 38.5 Å². The molecule has 2 aromatic rings. The Balaban J connectivity index is 2.53. The number of carbonyl (C=O) groups is 3. The van der Waals surface area contributed by atoms with Gasteiger partial charge in [-0.15, -0.1) is 10.2 Å². The quantitative estimate of drug-likeness (QED) is 0.180. The molecule has 202 valence electrons. The van der Waals surface area contributed by atoms with Gasteiger partial charge in [-0.3, -0.25) is 34.6 Å². The first-order chi connectivity index (χ1) is 18.0. The van der Waals surface area contributed by atoms with Crippen molar-refractivity contribution in [3.63, 3.8) is 0 Å². The number of esters is 2. The summed E-state index contributed by atoms with van der Waals surface area (Å²) in [7, 11) is 0. The number of amides is 1. The molecule has 0 radical (unpaired) electrons. The van der Waals surface area contributed by atoms with Crippen molar-refractivity contribution in [1.82, 2.24) is 0 Å². The molecule has 0 fully saturated rings. The van der Waals surface area contributed by atoms with Gasteiger partial charge in [0, 0.05) is 18.7 Å². The average Bonchev–Trinajstić information content (AvgIpc) is 2.82. The fourth-order valence-electron chi connectivity index (χ4n) is 3.08. The number of azo groups is 1. The molecule has 0 spiro atoms. The first-order valence-electron chi connectivity index (χ1n) is 11.0. The minimum Gasteiger partial charge on any atom is -0.465 e. The minimum atomic E-state index is -1.36. The molecule has 0 aliphatic heterocycles. The average molecular weight is 534 g/mol. The van der Waals surface area contributed by atoms with Crippen LogP contribution in [0.25, 0.3) is 0 Å². The van der Waals surface area contributed by atoms with E-state index in [0.717, 1.165) is 0 Å². The summed E-state index contributed by atoms with van der Waals surface area (Å²) in [5, 5.41) is 32.2. The molecule has 15 nitrogen and oxygen atoms in total. The molecule has 0 atom stereocenters. The molecular weight excluding hydrogens is 511 g/mol. The number of rotatable bonds is 12. The summed E-state index contributed by atoms with van der Waals surface area (Å²) in [6, 6.07) is 5.01. The number of benzene rings is 2. The van der Waals surface area contributed by atoms with E-state index in [1.807, 2.05) is 0 Å². The molecule has 2 rings (SSSR count). The molecule has 2 aromatic carbocycles. The fourth-order valence-corrected chi connectivity index (χ4v) is 3.08. The van der Waals surface area contributed by atoms with Crippen LogP contribution in [0.15, 0.2) is 40.6 Å².